The second-order valence-electron chi connectivity index (χ2n) is 4.31. The van der Waals surface area contributed by atoms with Crippen LogP contribution in [0.15, 0.2) is 22.7 Å². The number of hydrogen-bond donors (Lipinski definition) is 1. The minimum Gasteiger partial charge on any atom is -0.310 e. The van der Waals surface area contributed by atoms with Crippen molar-refractivity contribution in [3.05, 3.63) is 33.8 Å². The molecule has 0 bridgehead atoms. The standard InChI is InChI=1S/C13H18BrN/c1-10-11(6-5-7-12(10)14)13-8-3-2-4-9-15-13/h5-7,13,15H,2-4,8-9H2,1H3. The van der Waals surface area contributed by atoms with E-state index in [2.05, 4.69) is 46.4 Å². The molecule has 1 unspecified atom stereocenters. The van der Waals surface area contributed by atoms with Gasteiger partial charge in [-0.1, -0.05) is 40.9 Å². The van der Waals surface area contributed by atoms with Gasteiger partial charge in [0, 0.05) is 10.5 Å². The zero-order valence-corrected chi connectivity index (χ0v) is 10.8. The summed E-state index contributed by atoms with van der Waals surface area (Å²) in [5.41, 5.74) is 2.85. The number of nitrogens with one attached hydrogen (secondary N) is 1. The molecule has 1 atom stereocenters. The summed E-state index contributed by atoms with van der Waals surface area (Å²) in [5.74, 6) is 0. The summed E-state index contributed by atoms with van der Waals surface area (Å²) >= 11 is 3.60. The topological polar surface area (TPSA) is 12.0 Å². The summed E-state index contributed by atoms with van der Waals surface area (Å²) in [6.45, 7) is 3.36. The lowest BCUT2D eigenvalue weighted by molar-refractivity contribution is 0.532. The lowest BCUT2D eigenvalue weighted by atomic mass is 9.98. The summed E-state index contributed by atoms with van der Waals surface area (Å²) in [4.78, 5) is 0. The van der Waals surface area contributed by atoms with E-state index in [0.29, 0.717) is 6.04 Å². The van der Waals surface area contributed by atoms with Gasteiger partial charge in [-0.05, 0) is 43.5 Å². The minimum atomic E-state index is 0.560. The number of benzene rings is 1. The highest BCUT2D eigenvalue weighted by Gasteiger charge is 2.15. The zero-order chi connectivity index (χ0) is 10.7. The van der Waals surface area contributed by atoms with Crippen LogP contribution < -0.4 is 5.32 Å². The van der Waals surface area contributed by atoms with Crippen molar-refractivity contribution < 1.29 is 0 Å². The first-order chi connectivity index (χ1) is 7.29. The highest BCUT2D eigenvalue weighted by Crippen LogP contribution is 2.28. The second-order valence-corrected chi connectivity index (χ2v) is 5.16. The van der Waals surface area contributed by atoms with E-state index in [9.17, 15) is 0 Å². The van der Waals surface area contributed by atoms with Crippen LogP contribution in [-0.4, -0.2) is 6.54 Å². The maximum Gasteiger partial charge on any atom is 0.0323 e. The maximum absolute atomic E-state index is 3.65. The molecular formula is C13H18BrN. The van der Waals surface area contributed by atoms with E-state index < -0.39 is 0 Å². The first kappa shape index (κ1) is 11.2. The molecule has 82 valence electrons. The van der Waals surface area contributed by atoms with E-state index in [-0.39, 0.29) is 0 Å². The molecule has 0 aromatic heterocycles. The molecule has 0 amide bonds. The number of rotatable bonds is 1. The van der Waals surface area contributed by atoms with E-state index in [1.54, 1.807) is 0 Å². The predicted molar refractivity (Wildman–Crippen MR) is 68.1 cm³/mol. The Bertz CT molecular complexity index is 327. The predicted octanol–water partition coefficient (Wildman–Crippen LogP) is 3.96. The monoisotopic (exact) mass is 267 g/mol. The molecule has 2 heteroatoms. The SMILES string of the molecule is Cc1c(Br)cccc1C1CCCCCN1. The first-order valence-corrected chi connectivity index (χ1v) is 6.57. The summed E-state index contributed by atoms with van der Waals surface area (Å²) in [6, 6.07) is 7.07. The third-order valence-electron chi connectivity index (χ3n) is 3.25. The van der Waals surface area contributed by atoms with E-state index in [4.69, 9.17) is 0 Å². The molecule has 1 fully saturated rings. The number of halogens is 1. The molecule has 1 saturated heterocycles. The molecule has 0 aliphatic carbocycles. The third kappa shape index (κ3) is 2.61. The van der Waals surface area contributed by atoms with Crippen LogP contribution in [0.1, 0.15) is 42.9 Å². The van der Waals surface area contributed by atoms with Crippen molar-refractivity contribution in [2.45, 2.75) is 38.6 Å². The Morgan fingerprint density at radius 3 is 3.00 bits per heavy atom. The number of hydrogen-bond acceptors (Lipinski definition) is 1. The van der Waals surface area contributed by atoms with Gasteiger partial charge in [0.1, 0.15) is 0 Å². The largest absolute Gasteiger partial charge is 0.310 e. The molecule has 1 heterocycles. The van der Waals surface area contributed by atoms with Gasteiger partial charge in [-0.25, -0.2) is 0 Å². The summed E-state index contributed by atoms with van der Waals surface area (Å²) in [7, 11) is 0. The van der Waals surface area contributed by atoms with Gasteiger partial charge in [-0.2, -0.15) is 0 Å². The van der Waals surface area contributed by atoms with Crippen molar-refractivity contribution in [1.82, 2.24) is 5.32 Å². The minimum absolute atomic E-state index is 0.560. The quantitative estimate of drug-likeness (QED) is 0.812. The summed E-state index contributed by atoms with van der Waals surface area (Å²) < 4.78 is 1.23. The van der Waals surface area contributed by atoms with Crippen LogP contribution in [0, 0.1) is 6.92 Å². The van der Waals surface area contributed by atoms with Crippen LogP contribution in [0.25, 0.3) is 0 Å². The van der Waals surface area contributed by atoms with Crippen molar-refractivity contribution >= 4 is 15.9 Å². The maximum atomic E-state index is 3.65. The molecule has 1 aliphatic rings. The van der Waals surface area contributed by atoms with Crippen LogP contribution in [-0.2, 0) is 0 Å². The smallest absolute Gasteiger partial charge is 0.0323 e. The molecule has 1 nitrogen and oxygen atoms in total. The van der Waals surface area contributed by atoms with E-state index in [1.165, 1.54) is 41.3 Å². The molecule has 1 aliphatic heterocycles. The van der Waals surface area contributed by atoms with Gasteiger partial charge >= 0.3 is 0 Å². The Balaban J connectivity index is 2.23. The van der Waals surface area contributed by atoms with Gasteiger partial charge in [-0.15, -0.1) is 0 Å². The molecule has 0 saturated carbocycles. The van der Waals surface area contributed by atoms with Crippen LogP contribution >= 0.6 is 15.9 Å². The van der Waals surface area contributed by atoms with Crippen molar-refractivity contribution in [3.8, 4) is 0 Å². The molecule has 0 radical (unpaired) electrons. The van der Waals surface area contributed by atoms with Crippen LogP contribution in [0.5, 0.6) is 0 Å². The molecule has 0 spiro atoms. The van der Waals surface area contributed by atoms with Crippen molar-refractivity contribution in [3.63, 3.8) is 0 Å². The Kier molecular flexibility index (Phi) is 3.81. The molecule has 2 rings (SSSR count). The molecule has 15 heavy (non-hydrogen) atoms. The molecule has 1 aromatic rings. The summed E-state index contributed by atoms with van der Waals surface area (Å²) in [6.07, 6.45) is 5.32. The first-order valence-electron chi connectivity index (χ1n) is 5.77. The van der Waals surface area contributed by atoms with Gasteiger partial charge in [0.15, 0.2) is 0 Å². The summed E-state index contributed by atoms with van der Waals surface area (Å²) in [5, 5.41) is 3.65. The third-order valence-corrected chi connectivity index (χ3v) is 4.10. The van der Waals surface area contributed by atoms with Crippen LogP contribution in [0.4, 0.5) is 0 Å². The average molecular weight is 268 g/mol. The zero-order valence-electron chi connectivity index (χ0n) is 9.22. The normalized spacial score (nSPS) is 22.4. The Labute approximate surface area is 100 Å². The fourth-order valence-electron chi connectivity index (χ4n) is 2.30. The second kappa shape index (κ2) is 5.13. The van der Waals surface area contributed by atoms with Gasteiger partial charge in [0.25, 0.3) is 0 Å². The van der Waals surface area contributed by atoms with Crippen LogP contribution in [0.3, 0.4) is 0 Å². The van der Waals surface area contributed by atoms with Crippen molar-refractivity contribution in [2.24, 2.45) is 0 Å². The van der Waals surface area contributed by atoms with Gasteiger partial charge in [0.05, 0.1) is 0 Å². The van der Waals surface area contributed by atoms with Crippen LogP contribution in [0.2, 0.25) is 0 Å². The molecule has 1 aromatic carbocycles. The Morgan fingerprint density at radius 1 is 1.27 bits per heavy atom. The fourth-order valence-corrected chi connectivity index (χ4v) is 2.68. The van der Waals surface area contributed by atoms with Gasteiger partial charge in [-0.3, -0.25) is 0 Å². The van der Waals surface area contributed by atoms with Gasteiger partial charge in [0.2, 0.25) is 0 Å². The average Bonchev–Trinajstić information content (AvgIpc) is 2.50. The molecular weight excluding hydrogens is 250 g/mol. The van der Waals surface area contributed by atoms with E-state index in [1.807, 2.05) is 0 Å². The Morgan fingerprint density at radius 2 is 2.13 bits per heavy atom. The van der Waals surface area contributed by atoms with E-state index >= 15 is 0 Å². The lowest BCUT2D eigenvalue weighted by Gasteiger charge is -2.19. The molecule has 1 N–H and O–H groups in total. The van der Waals surface area contributed by atoms with Crippen molar-refractivity contribution in [1.29, 1.82) is 0 Å². The Hall–Kier alpha value is -0.340. The van der Waals surface area contributed by atoms with Crippen molar-refractivity contribution in [2.75, 3.05) is 6.54 Å². The van der Waals surface area contributed by atoms with Gasteiger partial charge < -0.3 is 5.32 Å². The van der Waals surface area contributed by atoms with E-state index in [0.717, 1.165) is 6.54 Å². The fraction of sp³-hybridized carbons (Fsp3) is 0.538. The highest BCUT2D eigenvalue weighted by molar-refractivity contribution is 9.10. The lowest BCUT2D eigenvalue weighted by Crippen LogP contribution is -2.21. The highest BCUT2D eigenvalue weighted by atomic mass is 79.9.